The number of hydrogen-bond donors (Lipinski definition) is 0. The first-order valence-electron chi connectivity index (χ1n) is 6.46. The molecule has 3 aliphatic heterocycles. The molecular weight excluding hydrogens is 308 g/mol. The molecule has 4 heterocycles. The average molecular weight is 318 g/mol. The molecule has 106 valence electrons. The normalized spacial score (nSPS) is 21.5. The van der Waals surface area contributed by atoms with Crippen LogP contribution in [0.5, 0.6) is 11.5 Å². The van der Waals surface area contributed by atoms with Crippen molar-refractivity contribution >= 4 is 23.5 Å². The van der Waals surface area contributed by atoms with E-state index in [-0.39, 0.29) is 5.37 Å². The van der Waals surface area contributed by atoms with Crippen LogP contribution in [0.3, 0.4) is 0 Å². The van der Waals surface area contributed by atoms with Crippen LogP contribution in [-0.2, 0) is 0 Å². The molecule has 1 atom stereocenters. The standard InChI is InChI=1S/C13H10N4O2S2/c1-7-14-15-13-16(7)17-11(21-13)5-20-12(17)8-2-3-9-10(4-8)19-6-18-9/h2-5,12H,6H2,1H3. The second kappa shape index (κ2) is 4.11. The third-order valence-electron chi connectivity index (χ3n) is 3.61. The number of hydrogen-bond acceptors (Lipinski definition) is 7. The van der Waals surface area contributed by atoms with Crippen molar-refractivity contribution in [1.29, 1.82) is 0 Å². The van der Waals surface area contributed by atoms with E-state index in [2.05, 4.69) is 37.4 Å². The number of aromatic nitrogens is 3. The van der Waals surface area contributed by atoms with Crippen molar-refractivity contribution in [2.75, 3.05) is 11.8 Å². The molecule has 2 aromatic rings. The number of rotatable bonds is 1. The molecule has 6 nitrogen and oxygen atoms in total. The van der Waals surface area contributed by atoms with Crippen molar-refractivity contribution in [3.63, 3.8) is 0 Å². The topological polar surface area (TPSA) is 52.4 Å². The van der Waals surface area contributed by atoms with Crippen LogP contribution in [0.25, 0.3) is 0 Å². The highest BCUT2D eigenvalue weighted by molar-refractivity contribution is 8.07. The second-order valence-corrected chi connectivity index (χ2v) is 6.79. The fourth-order valence-corrected chi connectivity index (χ4v) is 4.92. The molecule has 0 fully saturated rings. The molecule has 0 radical (unpaired) electrons. The number of ether oxygens (including phenoxy) is 2. The lowest BCUT2D eigenvalue weighted by atomic mass is 10.2. The molecule has 0 aliphatic carbocycles. The zero-order valence-corrected chi connectivity index (χ0v) is 12.6. The number of thioether (sulfide) groups is 2. The zero-order valence-electron chi connectivity index (χ0n) is 11.0. The summed E-state index contributed by atoms with van der Waals surface area (Å²) in [6.07, 6.45) is 0. The molecule has 8 heteroatoms. The Labute approximate surface area is 129 Å². The van der Waals surface area contributed by atoms with Crippen LogP contribution in [0.15, 0.2) is 33.8 Å². The van der Waals surface area contributed by atoms with Gasteiger partial charge in [-0.25, -0.2) is 4.68 Å². The van der Waals surface area contributed by atoms with Gasteiger partial charge in [0, 0.05) is 5.41 Å². The molecule has 21 heavy (non-hydrogen) atoms. The highest BCUT2D eigenvalue weighted by Gasteiger charge is 2.39. The van der Waals surface area contributed by atoms with Gasteiger partial charge in [-0.1, -0.05) is 17.8 Å². The summed E-state index contributed by atoms with van der Waals surface area (Å²) in [5.41, 5.74) is 1.18. The quantitative estimate of drug-likeness (QED) is 0.801. The number of fused-ring (bicyclic) bond motifs is 4. The van der Waals surface area contributed by atoms with Gasteiger partial charge in [0.25, 0.3) is 0 Å². The van der Waals surface area contributed by atoms with Crippen LogP contribution in [0.4, 0.5) is 0 Å². The van der Waals surface area contributed by atoms with Crippen molar-refractivity contribution in [3.8, 4) is 11.5 Å². The first-order valence-corrected chi connectivity index (χ1v) is 8.22. The number of nitrogens with zero attached hydrogens (tertiary/aromatic N) is 4. The van der Waals surface area contributed by atoms with E-state index >= 15 is 0 Å². The predicted octanol–water partition coefficient (Wildman–Crippen LogP) is 2.60. The minimum Gasteiger partial charge on any atom is -0.454 e. The van der Waals surface area contributed by atoms with Gasteiger partial charge in [-0.15, -0.1) is 10.2 Å². The van der Waals surface area contributed by atoms with E-state index in [4.69, 9.17) is 9.47 Å². The fourth-order valence-electron chi connectivity index (χ4n) is 2.65. The van der Waals surface area contributed by atoms with Gasteiger partial charge in [-0.3, -0.25) is 5.01 Å². The summed E-state index contributed by atoms with van der Waals surface area (Å²) in [6.45, 7) is 2.27. The smallest absolute Gasteiger partial charge is 0.231 e. The maximum absolute atomic E-state index is 5.48. The predicted molar refractivity (Wildman–Crippen MR) is 79.8 cm³/mol. The lowest BCUT2D eigenvalue weighted by Crippen LogP contribution is -2.30. The van der Waals surface area contributed by atoms with Crippen molar-refractivity contribution in [1.82, 2.24) is 14.9 Å². The first kappa shape index (κ1) is 11.8. The molecule has 0 saturated carbocycles. The molecule has 0 spiro atoms. The second-order valence-electron chi connectivity index (χ2n) is 4.85. The van der Waals surface area contributed by atoms with Crippen LogP contribution in [0.1, 0.15) is 16.8 Å². The van der Waals surface area contributed by atoms with Gasteiger partial charge >= 0.3 is 0 Å². The fraction of sp³-hybridized carbons (Fsp3) is 0.231. The minimum atomic E-state index is 0.165. The molecule has 0 saturated heterocycles. The van der Waals surface area contributed by atoms with E-state index in [1.165, 1.54) is 10.6 Å². The van der Waals surface area contributed by atoms with Gasteiger partial charge in [0.15, 0.2) is 17.3 Å². The molecule has 0 N–H and O–H groups in total. The highest BCUT2D eigenvalue weighted by atomic mass is 32.2. The minimum absolute atomic E-state index is 0.165. The lowest BCUT2D eigenvalue weighted by molar-refractivity contribution is 0.174. The largest absolute Gasteiger partial charge is 0.454 e. The average Bonchev–Trinajstić information content (AvgIpc) is 3.20. The van der Waals surface area contributed by atoms with Gasteiger partial charge in [0.2, 0.25) is 11.9 Å². The van der Waals surface area contributed by atoms with Crippen molar-refractivity contribution in [2.45, 2.75) is 17.5 Å². The van der Waals surface area contributed by atoms with E-state index < -0.39 is 0 Å². The Kier molecular flexibility index (Phi) is 2.31. The molecule has 5 rings (SSSR count). The Morgan fingerprint density at radius 2 is 2.14 bits per heavy atom. The van der Waals surface area contributed by atoms with Gasteiger partial charge in [0.05, 0.1) is 0 Å². The van der Waals surface area contributed by atoms with Crippen LogP contribution in [0.2, 0.25) is 0 Å². The van der Waals surface area contributed by atoms with Crippen LogP contribution >= 0.6 is 23.5 Å². The van der Waals surface area contributed by atoms with Gasteiger partial charge in [-0.05, 0) is 36.4 Å². The molecule has 0 bridgehead atoms. The van der Waals surface area contributed by atoms with Crippen molar-refractivity contribution in [3.05, 3.63) is 40.0 Å². The van der Waals surface area contributed by atoms with E-state index in [9.17, 15) is 0 Å². The van der Waals surface area contributed by atoms with Crippen LogP contribution < -0.4 is 14.5 Å². The summed E-state index contributed by atoms with van der Waals surface area (Å²) in [5, 5.41) is 15.0. The van der Waals surface area contributed by atoms with E-state index in [1.807, 2.05) is 13.0 Å². The van der Waals surface area contributed by atoms with Crippen molar-refractivity contribution in [2.24, 2.45) is 0 Å². The summed E-state index contributed by atoms with van der Waals surface area (Å²) in [4.78, 5) is 0. The highest BCUT2D eigenvalue weighted by Crippen LogP contribution is 2.52. The van der Waals surface area contributed by atoms with Gasteiger partial charge < -0.3 is 9.47 Å². The number of benzene rings is 1. The van der Waals surface area contributed by atoms with Crippen LogP contribution in [0, 0.1) is 6.92 Å². The Morgan fingerprint density at radius 3 is 3.10 bits per heavy atom. The monoisotopic (exact) mass is 318 g/mol. The summed E-state index contributed by atoms with van der Waals surface area (Å²) in [6, 6.07) is 6.11. The molecule has 3 aliphatic rings. The Bertz CT molecular complexity index is 788. The SMILES string of the molecule is Cc1nnc2n1N1C(=CSC1c1ccc3c(c1)OCO3)S2. The lowest BCUT2D eigenvalue weighted by Gasteiger charge is -2.25. The molecule has 0 amide bonds. The maximum atomic E-state index is 5.48. The van der Waals surface area contributed by atoms with Gasteiger partial charge in [-0.2, -0.15) is 0 Å². The zero-order chi connectivity index (χ0) is 14.0. The van der Waals surface area contributed by atoms with Gasteiger partial charge in [0.1, 0.15) is 10.4 Å². The number of aryl methyl sites for hydroxylation is 1. The van der Waals surface area contributed by atoms with Crippen molar-refractivity contribution < 1.29 is 9.47 Å². The van der Waals surface area contributed by atoms with Crippen LogP contribution in [-0.4, -0.2) is 21.7 Å². The Balaban J connectivity index is 1.58. The third kappa shape index (κ3) is 1.57. The molecule has 1 unspecified atom stereocenters. The summed E-state index contributed by atoms with van der Waals surface area (Å²) in [5.74, 6) is 2.52. The first-order chi connectivity index (χ1) is 10.3. The third-order valence-corrected chi connectivity index (χ3v) is 5.80. The molecular formula is C13H10N4O2S2. The summed E-state index contributed by atoms with van der Waals surface area (Å²) < 4.78 is 12.9. The maximum Gasteiger partial charge on any atom is 0.231 e. The van der Waals surface area contributed by atoms with E-state index in [0.717, 1.165) is 22.5 Å². The Morgan fingerprint density at radius 1 is 1.24 bits per heavy atom. The molecule has 1 aromatic heterocycles. The summed E-state index contributed by atoms with van der Waals surface area (Å²) in [7, 11) is 0. The Hall–Kier alpha value is -1.80. The molecule has 1 aromatic carbocycles. The van der Waals surface area contributed by atoms with E-state index in [1.54, 1.807) is 23.5 Å². The summed E-state index contributed by atoms with van der Waals surface area (Å²) >= 11 is 3.43. The van der Waals surface area contributed by atoms with E-state index in [0.29, 0.717) is 6.79 Å².